The van der Waals surface area contributed by atoms with Crippen molar-refractivity contribution in [2.24, 2.45) is 7.05 Å². The average Bonchev–Trinajstić information content (AvgIpc) is 2.98. The molecule has 1 aliphatic carbocycles. The number of aryl methyl sites for hydroxylation is 1. The minimum atomic E-state index is 0.266. The molecule has 0 radical (unpaired) electrons. The number of aromatic nitrogens is 2. The molecule has 0 amide bonds. The molecule has 1 fully saturated rings. The molecule has 0 unspecified atom stereocenters. The smallest absolute Gasteiger partial charge is 0.0558 e. The summed E-state index contributed by atoms with van der Waals surface area (Å²) >= 11 is 0. The molecule has 0 aliphatic heterocycles. The van der Waals surface area contributed by atoms with Crippen LogP contribution in [0.15, 0.2) is 12.3 Å². The summed E-state index contributed by atoms with van der Waals surface area (Å²) in [7, 11) is 1.98. The Morgan fingerprint density at radius 3 is 2.87 bits per heavy atom. The lowest BCUT2D eigenvalue weighted by Gasteiger charge is -2.20. The highest BCUT2D eigenvalue weighted by Crippen LogP contribution is 2.26. The fourth-order valence-electron chi connectivity index (χ4n) is 1.95. The lowest BCUT2D eigenvalue weighted by molar-refractivity contribution is 0.190. The molecule has 1 saturated carbocycles. The Bertz CT molecular complexity index is 307. The van der Waals surface area contributed by atoms with Crippen LogP contribution in [0.25, 0.3) is 0 Å². The fraction of sp³-hybridized carbons (Fsp3) is 0.727. The number of hydrogen-bond donors (Lipinski definition) is 1. The fourth-order valence-corrected chi connectivity index (χ4v) is 1.95. The van der Waals surface area contributed by atoms with E-state index in [2.05, 4.69) is 16.1 Å². The van der Waals surface area contributed by atoms with Gasteiger partial charge in [-0.05, 0) is 18.9 Å². The molecule has 1 aromatic rings. The van der Waals surface area contributed by atoms with Crippen molar-refractivity contribution in [2.45, 2.75) is 25.3 Å². The molecule has 1 N–H and O–H groups in total. The largest absolute Gasteiger partial charge is 0.395 e. The molecular weight excluding hydrogens is 190 g/mol. The highest BCUT2D eigenvalue weighted by molar-refractivity contribution is 5.01. The highest BCUT2D eigenvalue weighted by atomic mass is 16.3. The number of nitrogens with zero attached hydrogens (tertiary/aromatic N) is 3. The van der Waals surface area contributed by atoms with Crippen LogP contribution in [0, 0.1) is 0 Å². The topological polar surface area (TPSA) is 41.3 Å². The van der Waals surface area contributed by atoms with Gasteiger partial charge < -0.3 is 5.11 Å². The predicted octanol–water partition coefficient (Wildman–Crippen LogP) is 0.419. The lowest BCUT2D eigenvalue weighted by atomic mass is 10.3. The van der Waals surface area contributed by atoms with Crippen LogP contribution in [0.3, 0.4) is 0 Å². The number of aliphatic hydroxyl groups is 1. The van der Waals surface area contributed by atoms with Gasteiger partial charge in [-0.25, -0.2) is 0 Å². The Kier molecular flexibility index (Phi) is 3.38. The van der Waals surface area contributed by atoms with Gasteiger partial charge in [-0.1, -0.05) is 0 Å². The molecule has 2 rings (SSSR count). The maximum absolute atomic E-state index is 8.97. The maximum Gasteiger partial charge on any atom is 0.0558 e. The van der Waals surface area contributed by atoms with Crippen LogP contribution in [-0.2, 0) is 13.5 Å². The number of rotatable bonds is 6. The molecule has 0 bridgehead atoms. The monoisotopic (exact) mass is 209 g/mol. The van der Waals surface area contributed by atoms with E-state index in [0.717, 1.165) is 25.6 Å². The van der Waals surface area contributed by atoms with Crippen molar-refractivity contribution in [1.29, 1.82) is 0 Å². The Hall–Kier alpha value is -0.870. The summed E-state index contributed by atoms with van der Waals surface area (Å²) in [5.41, 5.74) is 1.26. The van der Waals surface area contributed by atoms with Gasteiger partial charge in [0.25, 0.3) is 0 Å². The van der Waals surface area contributed by atoms with Crippen molar-refractivity contribution in [2.75, 3.05) is 19.7 Å². The third-order valence-electron chi connectivity index (χ3n) is 3.03. The molecule has 4 heteroatoms. The van der Waals surface area contributed by atoms with Gasteiger partial charge in [0.05, 0.1) is 6.61 Å². The zero-order valence-corrected chi connectivity index (χ0v) is 9.26. The summed E-state index contributed by atoms with van der Waals surface area (Å²) in [6, 6.07) is 2.79. The molecule has 0 atom stereocenters. The normalized spacial score (nSPS) is 16.2. The molecular formula is C11H19N3O. The Morgan fingerprint density at radius 2 is 2.33 bits per heavy atom. The summed E-state index contributed by atoms with van der Waals surface area (Å²) in [6.45, 7) is 2.11. The van der Waals surface area contributed by atoms with Gasteiger partial charge in [0.1, 0.15) is 0 Å². The van der Waals surface area contributed by atoms with E-state index in [1.165, 1.54) is 18.5 Å². The molecule has 84 valence electrons. The molecule has 1 heterocycles. The van der Waals surface area contributed by atoms with E-state index < -0.39 is 0 Å². The predicted molar refractivity (Wildman–Crippen MR) is 58.6 cm³/mol. The second-order valence-corrected chi connectivity index (χ2v) is 4.19. The van der Waals surface area contributed by atoms with E-state index in [1.807, 2.05) is 17.9 Å². The second-order valence-electron chi connectivity index (χ2n) is 4.19. The van der Waals surface area contributed by atoms with Gasteiger partial charge in [0.2, 0.25) is 0 Å². The Morgan fingerprint density at radius 1 is 1.53 bits per heavy atom. The summed E-state index contributed by atoms with van der Waals surface area (Å²) in [4.78, 5) is 2.38. The SMILES string of the molecule is Cn1nccc1CCN(CCO)C1CC1. The molecule has 1 aromatic heterocycles. The van der Waals surface area contributed by atoms with Crippen LogP contribution in [0.2, 0.25) is 0 Å². The molecule has 0 aromatic carbocycles. The van der Waals surface area contributed by atoms with Gasteiger partial charge in [-0.3, -0.25) is 9.58 Å². The van der Waals surface area contributed by atoms with Gasteiger partial charge >= 0.3 is 0 Å². The van der Waals surface area contributed by atoms with Crippen molar-refractivity contribution >= 4 is 0 Å². The van der Waals surface area contributed by atoms with E-state index in [0.29, 0.717) is 0 Å². The Labute approximate surface area is 90.5 Å². The average molecular weight is 209 g/mol. The van der Waals surface area contributed by atoms with Crippen LogP contribution in [0.1, 0.15) is 18.5 Å². The van der Waals surface area contributed by atoms with E-state index >= 15 is 0 Å². The molecule has 15 heavy (non-hydrogen) atoms. The molecule has 1 aliphatic rings. The van der Waals surface area contributed by atoms with Crippen molar-refractivity contribution in [3.8, 4) is 0 Å². The van der Waals surface area contributed by atoms with Crippen LogP contribution >= 0.6 is 0 Å². The quantitative estimate of drug-likeness (QED) is 0.738. The zero-order chi connectivity index (χ0) is 10.7. The van der Waals surface area contributed by atoms with Crippen LogP contribution in [0.5, 0.6) is 0 Å². The molecule has 0 saturated heterocycles. The number of hydrogen-bond acceptors (Lipinski definition) is 3. The highest BCUT2D eigenvalue weighted by Gasteiger charge is 2.28. The first-order valence-electron chi connectivity index (χ1n) is 5.63. The van der Waals surface area contributed by atoms with E-state index in [4.69, 9.17) is 5.11 Å². The van der Waals surface area contributed by atoms with Crippen molar-refractivity contribution in [3.05, 3.63) is 18.0 Å². The minimum Gasteiger partial charge on any atom is -0.395 e. The van der Waals surface area contributed by atoms with Gasteiger partial charge in [0, 0.05) is 44.5 Å². The zero-order valence-electron chi connectivity index (χ0n) is 9.26. The summed E-state index contributed by atoms with van der Waals surface area (Å²) in [6.07, 6.45) is 5.45. The molecule has 4 nitrogen and oxygen atoms in total. The summed E-state index contributed by atoms with van der Waals surface area (Å²) < 4.78 is 1.92. The maximum atomic E-state index is 8.97. The first kappa shape index (κ1) is 10.6. The first-order chi connectivity index (χ1) is 7.31. The standard InChI is InChI=1S/C11H19N3O/c1-13-10(4-6-12-13)5-7-14(8-9-15)11-2-3-11/h4,6,11,15H,2-3,5,7-9H2,1H3. The summed E-state index contributed by atoms with van der Waals surface area (Å²) in [5.74, 6) is 0. The minimum absolute atomic E-state index is 0.266. The third-order valence-corrected chi connectivity index (χ3v) is 3.03. The second kappa shape index (κ2) is 4.77. The summed E-state index contributed by atoms with van der Waals surface area (Å²) in [5, 5.41) is 13.1. The van der Waals surface area contributed by atoms with Crippen LogP contribution in [-0.4, -0.2) is 45.5 Å². The van der Waals surface area contributed by atoms with E-state index in [9.17, 15) is 0 Å². The number of aliphatic hydroxyl groups excluding tert-OH is 1. The van der Waals surface area contributed by atoms with E-state index in [-0.39, 0.29) is 6.61 Å². The molecule has 0 spiro atoms. The van der Waals surface area contributed by atoms with Gasteiger partial charge in [0.15, 0.2) is 0 Å². The first-order valence-corrected chi connectivity index (χ1v) is 5.63. The van der Waals surface area contributed by atoms with Crippen molar-refractivity contribution < 1.29 is 5.11 Å². The third kappa shape index (κ3) is 2.79. The van der Waals surface area contributed by atoms with E-state index in [1.54, 1.807) is 0 Å². The van der Waals surface area contributed by atoms with Crippen LogP contribution in [0.4, 0.5) is 0 Å². The van der Waals surface area contributed by atoms with Crippen LogP contribution < -0.4 is 0 Å². The van der Waals surface area contributed by atoms with Crippen molar-refractivity contribution in [3.63, 3.8) is 0 Å². The van der Waals surface area contributed by atoms with Gasteiger partial charge in [-0.2, -0.15) is 5.10 Å². The Balaban J connectivity index is 1.82. The van der Waals surface area contributed by atoms with Crippen molar-refractivity contribution in [1.82, 2.24) is 14.7 Å². The van der Waals surface area contributed by atoms with Gasteiger partial charge in [-0.15, -0.1) is 0 Å². The lowest BCUT2D eigenvalue weighted by Crippen LogP contribution is -2.31.